The highest BCUT2D eigenvalue weighted by molar-refractivity contribution is 5.76. The lowest BCUT2D eigenvalue weighted by Gasteiger charge is -2.37. The van der Waals surface area contributed by atoms with E-state index in [1.165, 1.54) is 12.8 Å². The molecule has 2 aliphatic heterocycles. The Labute approximate surface area is 163 Å². The summed E-state index contributed by atoms with van der Waals surface area (Å²) in [7, 11) is 0. The second-order valence-electron chi connectivity index (χ2n) is 8.52. The van der Waals surface area contributed by atoms with E-state index in [4.69, 9.17) is 4.98 Å². The lowest BCUT2D eigenvalue weighted by atomic mass is 9.84. The fourth-order valence-electron chi connectivity index (χ4n) is 4.16. The minimum atomic E-state index is 0.322. The first kappa shape index (κ1) is 20.1. The van der Waals surface area contributed by atoms with Gasteiger partial charge in [0.1, 0.15) is 11.6 Å². The van der Waals surface area contributed by atoms with Crippen molar-refractivity contribution < 1.29 is 4.79 Å². The lowest BCUT2D eigenvalue weighted by molar-refractivity contribution is -0.132. The zero-order valence-corrected chi connectivity index (χ0v) is 17.4. The molecule has 1 aromatic rings. The van der Waals surface area contributed by atoms with Gasteiger partial charge in [0.2, 0.25) is 5.91 Å². The summed E-state index contributed by atoms with van der Waals surface area (Å²) >= 11 is 0. The molecule has 2 aliphatic rings. The van der Waals surface area contributed by atoms with E-state index in [0.29, 0.717) is 30.1 Å². The second kappa shape index (κ2) is 9.00. The first-order chi connectivity index (χ1) is 12.9. The maximum absolute atomic E-state index is 12.8. The van der Waals surface area contributed by atoms with E-state index in [-0.39, 0.29) is 0 Å². The Morgan fingerprint density at radius 1 is 1.15 bits per heavy atom. The fraction of sp³-hybridized carbons (Fsp3) is 0.762. The van der Waals surface area contributed by atoms with Crippen molar-refractivity contribution in [2.24, 2.45) is 11.8 Å². The number of anilines is 1. The molecule has 150 valence electrons. The van der Waals surface area contributed by atoms with Gasteiger partial charge in [0.05, 0.1) is 0 Å². The summed E-state index contributed by atoms with van der Waals surface area (Å²) in [5, 5.41) is 3.41. The third kappa shape index (κ3) is 5.18. The zero-order chi connectivity index (χ0) is 19.4. The van der Waals surface area contributed by atoms with Crippen LogP contribution in [-0.4, -0.2) is 60.0 Å². The van der Waals surface area contributed by atoms with E-state index in [1.807, 2.05) is 11.8 Å². The van der Waals surface area contributed by atoms with Gasteiger partial charge in [-0.05, 0) is 44.7 Å². The highest BCUT2D eigenvalue weighted by Crippen LogP contribution is 2.25. The number of hydrogen-bond acceptors (Lipinski definition) is 5. The highest BCUT2D eigenvalue weighted by atomic mass is 16.2. The maximum Gasteiger partial charge on any atom is 0.222 e. The molecule has 6 heteroatoms. The standard InChI is InChI=1S/C21H35N5O/c1-15(2)21-23-17(4)14-19(24-21)25-9-11-26(12-10-25)20(27)13-16(3)18-5-7-22-8-6-18/h14-16,18,22H,5-13H2,1-4H3. The molecule has 2 saturated heterocycles. The maximum atomic E-state index is 12.8. The Morgan fingerprint density at radius 2 is 1.81 bits per heavy atom. The van der Waals surface area contributed by atoms with Crippen molar-refractivity contribution in [2.45, 2.75) is 52.9 Å². The van der Waals surface area contributed by atoms with E-state index in [2.05, 4.69) is 42.0 Å². The van der Waals surface area contributed by atoms with Gasteiger partial charge in [-0.2, -0.15) is 0 Å². The molecule has 0 saturated carbocycles. The quantitative estimate of drug-likeness (QED) is 0.860. The second-order valence-corrected chi connectivity index (χ2v) is 8.52. The van der Waals surface area contributed by atoms with Gasteiger partial charge >= 0.3 is 0 Å². The molecule has 1 amide bonds. The van der Waals surface area contributed by atoms with Crippen molar-refractivity contribution in [3.63, 3.8) is 0 Å². The van der Waals surface area contributed by atoms with Gasteiger partial charge in [0.15, 0.2) is 0 Å². The van der Waals surface area contributed by atoms with Crippen LogP contribution in [0.2, 0.25) is 0 Å². The molecule has 1 atom stereocenters. The highest BCUT2D eigenvalue weighted by Gasteiger charge is 2.27. The zero-order valence-electron chi connectivity index (χ0n) is 17.4. The van der Waals surface area contributed by atoms with E-state index in [1.54, 1.807) is 0 Å². The van der Waals surface area contributed by atoms with Gasteiger partial charge in [-0.1, -0.05) is 20.8 Å². The number of hydrogen-bond donors (Lipinski definition) is 1. The first-order valence-corrected chi connectivity index (χ1v) is 10.5. The van der Waals surface area contributed by atoms with Crippen LogP contribution in [0.25, 0.3) is 0 Å². The number of aromatic nitrogens is 2. The van der Waals surface area contributed by atoms with Crippen LogP contribution in [-0.2, 0) is 4.79 Å². The minimum Gasteiger partial charge on any atom is -0.353 e. The van der Waals surface area contributed by atoms with Crippen LogP contribution in [0.4, 0.5) is 5.82 Å². The predicted molar refractivity (Wildman–Crippen MR) is 109 cm³/mol. The SMILES string of the molecule is Cc1cc(N2CCN(C(=O)CC(C)C3CCNCC3)CC2)nc(C(C)C)n1. The van der Waals surface area contributed by atoms with Crippen LogP contribution >= 0.6 is 0 Å². The van der Waals surface area contributed by atoms with Crippen molar-refractivity contribution in [3.8, 4) is 0 Å². The molecule has 0 radical (unpaired) electrons. The molecule has 1 N–H and O–H groups in total. The lowest BCUT2D eigenvalue weighted by Crippen LogP contribution is -2.49. The van der Waals surface area contributed by atoms with Crippen LogP contribution in [0.5, 0.6) is 0 Å². The van der Waals surface area contributed by atoms with E-state index in [0.717, 1.165) is 56.6 Å². The van der Waals surface area contributed by atoms with E-state index >= 15 is 0 Å². The topological polar surface area (TPSA) is 61.4 Å². The monoisotopic (exact) mass is 373 g/mol. The van der Waals surface area contributed by atoms with Crippen LogP contribution in [0, 0.1) is 18.8 Å². The number of piperazine rings is 1. The average Bonchev–Trinajstić information content (AvgIpc) is 2.68. The van der Waals surface area contributed by atoms with Crippen LogP contribution in [0.1, 0.15) is 57.5 Å². The summed E-state index contributed by atoms with van der Waals surface area (Å²) in [5.74, 6) is 3.72. The van der Waals surface area contributed by atoms with Crippen LogP contribution in [0.3, 0.4) is 0 Å². The summed E-state index contributed by atoms with van der Waals surface area (Å²) < 4.78 is 0. The number of rotatable bonds is 5. The van der Waals surface area contributed by atoms with Gasteiger partial charge in [-0.3, -0.25) is 4.79 Å². The number of piperidine rings is 1. The number of carbonyl (C=O) groups excluding carboxylic acids is 1. The third-order valence-corrected chi connectivity index (χ3v) is 6.02. The molecule has 0 spiro atoms. The van der Waals surface area contributed by atoms with Crippen LogP contribution in [0.15, 0.2) is 6.07 Å². The fourth-order valence-corrected chi connectivity index (χ4v) is 4.16. The molecular weight excluding hydrogens is 338 g/mol. The molecule has 0 bridgehead atoms. The van der Waals surface area contributed by atoms with Gasteiger partial charge in [-0.25, -0.2) is 9.97 Å². The van der Waals surface area contributed by atoms with Gasteiger partial charge < -0.3 is 15.1 Å². The number of nitrogens with zero attached hydrogens (tertiary/aromatic N) is 4. The van der Waals surface area contributed by atoms with E-state index < -0.39 is 0 Å². The molecular formula is C21H35N5O. The Balaban J connectivity index is 1.53. The summed E-state index contributed by atoms with van der Waals surface area (Å²) in [5.41, 5.74) is 1.01. The van der Waals surface area contributed by atoms with Gasteiger partial charge in [-0.15, -0.1) is 0 Å². The van der Waals surface area contributed by atoms with Crippen molar-refractivity contribution >= 4 is 11.7 Å². The molecule has 1 unspecified atom stereocenters. The molecule has 0 aliphatic carbocycles. The normalized spacial score (nSPS) is 20.2. The third-order valence-electron chi connectivity index (χ3n) is 6.02. The van der Waals surface area contributed by atoms with Crippen molar-refractivity contribution in [1.82, 2.24) is 20.2 Å². The Kier molecular flexibility index (Phi) is 6.68. The minimum absolute atomic E-state index is 0.322. The Hall–Kier alpha value is -1.69. The number of amides is 1. The van der Waals surface area contributed by atoms with Gasteiger partial charge in [0, 0.05) is 50.3 Å². The summed E-state index contributed by atoms with van der Waals surface area (Å²) in [6, 6.07) is 2.06. The number of nitrogens with one attached hydrogen (secondary N) is 1. The van der Waals surface area contributed by atoms with Gasteiger partial charge in [0.25, 0.3) is 0 Å². The number of aryl methyl sites for hydroxylation is 1. The molecule has 0 aromatic carbocycles. The van der Waals surface area contributed by atoms with Crippen molar-refractivity contribution in [3.05, 3.63) is 17.6 Å². The molecule has 3 heterocycles. The average molecular weight is 374 g/mol. The van der Waals surface area contributed by atoms with Crippen molar-refractivity contribution in [2.75, 3.05) is 44.2 Å². The molecule has 3 rings (SSSR count). The Bertz CT molecular complexity index is 633. The molecule has 27 heavy (non-hydrogen) atoms. The first-order valence-electron chi connectivity index (χ1n) is 10.5. The van der Waals surface area contributed by atoms with Crippen molar-refractivity contribution in [1.29, 1.82) is 0 Å². The molecule has 2 fully saturated rings. The Morgan fingerprint density at radius 3 is 2.44 bits per heavy atom. The predicted octanol–water partition coefficient (Wildman–Crippen LogP) is 2.58. The van der Waals surface area contributed by atoms with E-state index in [9.17, 15) is 4.79 Å². The number of carbonyl (C=O) groups is 1. The summed E-state index contributed by atoms with van der Waals surface area (Å²) in [6.45, 7) is 14.0. The largest absolute Gasteiger partial charge is 0.353 e. The van der Waals surface area contributed by atoms with Crippen LogP contribution < -0.4 is 10.2 Å². The smallest absolute Gasteiger partial charge is 0.222 e. The molecule has 6 nitrogen and oxygen atoms in total. The summed E-state index contributed by atoms with van der Waals surface area (Å²) in [6.07, 6.45) is 3.09. The molecule has 1 aromatic heterocycles. The summed E-state index contributed by atoms with van der Waals surface area (Å²) in [4.78, 5) is 26.4.